The molecule has 0 radical (unpaired) electrons. The first kappa shape index (κ1) is 14.3. The summed E-state index contributed by atoms with van der Waals surface area (Å²) >= 11 is 0. The number of para-hydroxylation sites is 1. The molecule has 0 spiro atoms. The van der Waals surface area contributed by atoms with Crippen molar-refractivity contribution in [3.63, 3.8) is 0 Å². The van der Waals surface area contributed by atoms with Crippen LogP contribution in [0.5, 0.6) is 5.75 Å². The standard InChI is InChI=1S/C16H16N6O2/c1-4-13-12(10-24-15-8-6-5-7-11(15)2)14(9-17-18-13)22-16(23)21(3)19-20-22/h4-9H,1,10H2,2-3H3/i5T. The van der Waals surface area contributed by atoms with Crippen molar-refractivity contribution in [2.24, 2.45) is 7.05 Å². The molecule has 2 aromatic heterocycles. The number of tetrazole rings is 1. The first-order valence-electron chi connectivity index (χ1n) is 7.67. The third kappa shape index (κ3) is 2.81. The molecule has 1 aromatic carbocycles. The average Bonchev–Trinajstić information content (AvgIpc) is 2.93. The van der Waals surface area contributed by atoms with E-state index in [2.05, 4.69) is 27.2 Å². The summed E-state index contributed by atoms with van der Waals surface area (Å²) in [6.07, 6.45) is 2.97. The second-order valence-corrected chi connectivity index (χ2v) is 5.07. The van der Waals surface area contributed by atoms with Crippen molar-refractivity contribution in [1.29, 1.82) is 0 Å². The Morgan fingerprint density at radius 3 is 2.92 bits per heavy atom. The van der Waals surface area contributed by atoms with Gasteiger partial charge < -0.3 is 4.74 Å². The zero-order valence-corrected chi connectivity index (χ0v) is 13.3. The smallest absolute Gasteiger partial charge is 0.368 e. The molecule has 0 saturated carbocycles. The Morgan fingerprint density at radius 2 is 2.25 bits per heavy atom. The van der Waals surface area contributed by atoms with Crippen molar-refractivity contribution in [2.75, 3.05) is 0 Å². The molecule has 122 valence electrons. The largest absolute Gasteiger partial charge is 0.488 e. The molecule has 0 aliphatic rings. The van der Waals surface area contributed by atoms with Crippen molar-refractivity contribution >= 4 is 6.08 Å². The molecule has 2 heterocycles. The van der Waals surface area contributed by atoms with Crippen LogP contribution in [0.3, 0.4) is 0 Å². The normalized spacial score (nSPS) is 11.2. The fraction of sp³-hybridized carbons (Fsp3) is 0.188. The lowest BCUT2D eigenvalue weighted by Gasteiger charge is -2.13. The highest BCUT2D eigenvalue weighted by Crippen LogP contribution is 2.21. The van der Waals surface area contributed by atoms with E-state index in [4.69, 9.17) is 6.11 Å². The van der Waals surface area contributed by atoms with E-state index in [0.29, 0.717) is 28.7 Å². The molecule has 0 aliphatic heterocycles. The van der Waals surface area contributed by atoms with Crippen LogP contribution in [0.4, 0.5) is 0 Å². The topological polar surface area (TPSA) is 87.7 Å². The molecule has 8 heteroatoms. The molecule has 24 heavy (non-hydrogen) atoms. The quantitative estimate of drug-likeness (QED) is 0.702. The molecule has 0 saturated heterocycles. The summed E-state index contributed by atoms with van der Waals surface area (Å²) in [4.78, 5) is 12.2. The van der Waals surface area contributed by atoms with Crippen molar-refractivity contribution in [3.05, 3.63) is 64.3 Å². The number of hydrogen-bond acceptors (Lipinski definition) is 6. The van der Waals surface area contributed by atoms with Crippen molar-refractivity contribution in [3.8, 4) is 11.4 Å². The Kier molecular flexibility index (Phi) is 3.85. The highest BCUT2D eigenvalue weighted by molar-refractivity contribution is 5.53. The van der Waals surface area contributed by atoms with Crippen LogP contribution in [-0.4, -0.2) is 30.0 Å². The lowest BCUT2D eigenvalue weighted by Crippen LogP contribution is -2.24. The Bertz CT molecular complexity index is 995. The average molecular weight is 326 g/mol. The minimum atomic E-state index is -0.404. The van der Waals surface area contributed by atoms with E-state index < -0.39 is 5.69 Å². The summed E-state index contributed by atoms with van der Waals surface area (Å²) in [6, 6.07) is 5.50. The molecule has 0 aliphatic carbocycles. The highest BCUT2D eigenvalue weighted by Gasteiger charge is 2.16. The summed E-state index contributed by atoms with van der Waals surface area (Å²) in [6.45, 7) is 5.72. The van der Waals surface area contributed by atoms with Crippen LogP contribution in [0.2, 0.25) is 0 Å². The van der Waals surface area contributed by atoms with E-state index in [1.54, 1.807) is 18.2 Å². The van der Waals surface area contributed by atoms with Gasteiger partial charge in [0.25, 0.3) is 0 Å². The minimum absolute atomic E-state index is 0.132. The molecule has 0 fully saturated rings. The van der Waals surface area contributed by atoms with Gasteiger partial charge in [0.2, 0.25) is 0 Å². The maximum atomic E-state index is 12.2. The number of ether oxygens (including phenoxy) is 1. The maximum absolute atomic E-state index is 12.2. The molecule has 0 bridgehead atoms. The number of rotatable bonds is 5. The zero-order chi connectivity index (χ0) is 18.0. The summed E-state index contributed by atoms with van der Waals surface area (Å²) in [7, 11) is 1.51. The number of aryl methyl sites for hydroxylation is 2. The van der Waals surface area contributed by atoms with E-state index >= 15 is 0 Å². The summed E-state index contributed by atoms with van der Waals surface area (Å²) < 4.78 is 15.7. The van der Waals surface area contributed by atoms with E-state index in [1.807, 2.05) is 6.92 Å². The third-order valence-corrected chi connectivity index (χ3v) is 3.50. The molecule has 0 N–H and O–H groups in total. The Balaban J connectivity index is 2.01. The second-order valence-electron chi connectivity index (χ2n) is 5.07. The Morgan fingerprint density at radius 1 is 1.42 bits per heavy atom. The van der Waals surface area contributed by atoms with Gasteiger partial charge >= 0.3 is 5.69 Å². The summed E-state index contributed by atoms with van der Waals surface area (Å²) in [5.74, 6) is 0.639. The van der Waals surface area contributed by atoms with Gasteiger partial charge in [-0.1, -0.05) is 24.8 Å². The Labute approximate surface area is 139 Å². The van der Waals surface area contributed by atoms with E-state index in [1.165, 1.54) is 19.3 Å². The van der Waals surface area contributed by atoms with Crippen LogP contribution < -0.4 is 10.4 Å². The number of hydrogen-bond donors (Lipinski definition) is 0. The van der Waals surface area contributed by atoms with Gasteiger partial charge in [-0.2, -0.15) is 19.6 Å². The monoisotopic (exact) mass is 326 g/mol. The predicted molar refractivity (Wildman–Crippen MR) is 87.8 cm³/mol. The third-order valence-electron chi connectivity index (χ3n) is 3.50. The lowest BCUT2D eigenvalue weighted by molar-refractivity contribution is 0.302. The first-order chi connectivity index (χ1) is 12.0. The van der Waals surface area contributed by atoms with Crippen LogP contribution in [0, 0.1) is 6.92 Å². The van der Waals surface area contributed by atoms with E-state index in [9.17, 15) is 4.79 Å². The fourth-order valence-corrected chi connectivity index (χ4v) is 2.19. The van der Waals surface area contributed by atoms with Gasteiger partial charge in [0.05, 0.1) is 13.3 Å². The van der Waals surface area contributed by atoms with E-state index in [0.717, 1.165) is 14.9 Å². The van der Waals surface area contributed by atoms with Crippen LogP contribution in [0.25, 0.3) is 11.8 Å². The van der Waals surface area contributed by atoms with E-state index in [-0.39, 0.29) is 6.61 Å². The van der Waals surface area contributed by atoms with Gasteiger partial charge in [-0.05, 0) is 35.1 Å². The summed E-state index contributed by atoms with van der Waals surface area (Å²) in [5, 5.41) is 15.5. The van der Waals surface area contributed by atoms with Crippen LogP contribution in [0.15, 0.2) is 41.8 Å². The van der Waals surface area contributed by atoms with Gasteiger partial charge in [-0.15, -0.1) is 0 Å². The molecule has 3 aromatic rings. The second kappa shape index (κ2) is 6.45. The zero-order valence-electron chi connectivity index (χ0n) is 14.3. The van der Waals surface area contributed by atoms with Crippen LogP contribution >= 0.6 is 0 Å². The van der Waals surface area contributed by atoms with Crippen molar-refractivity contribution in [1.82, 2.24) is 30.0 Å². The van der Waals surface area contributed by atoms with Crippen molar-refractivity contribution < 1.29 is 6.11 Å². The molecule has 0 amide bonds. The SMILES string of the molecule is [3H]c1ccc(OCc2c(-n3nnn(C)c3=O)cnnc2C=C)c(C)c1. The van der Waals surface area contributed by atoms with Gasteiger partial charge in [0.15, 0.2) is 0 Å². The Hall–Kier alpha value is -3.29. The molecular weight excluding hydrogens is 308 g/mol. The number of nitrogens with zero attached hydrogens (tertiary/aromatic N) is 6. The summed E-state index contributed by atoms with van der Waals surface area (Å²) in [5.41, 5.74) is 1.97. The highest BCUT2D eigenvalue weighted by atomic mass is 16.5. The van der Waals surface area contributed by atoms with Gasteiger partial charge in [-0.25, -0.2) is 4.79 Å². The molecular formula is C16H16N6O2. The van der Waals surface area contributed by atoms with Gasteiger partial charge in [0, 0.05) is 12.6 Å². The minimum Gasteiger partial charge on any atom is -0.488 e. The fourth-order valence-electron chi connectivity index (χ4n) is 2.19. The number of aromatic nitrogens is 6. The predicted octanol–water partition coefficient (Wildman–Crippen LogP) is 1.29. The molecule has 0 atom stereocenters. The number of benzene rings is 1. The van der Waals surface area contributed by atoms with Crippen LogP contribution in [-0.2, 0) is 13.7 Å². The lowest BCUT2D eigenvalue weighted by atomic mass is 10.2. The van der Waals surface area contributed by atoms with Gasteiger partial charge in [-0.3, -0.25) is 0 Å². The molecule has 0 unspecified atom stereocenters. The van der Waals surface area contributed by atoms with Crippen molar-refractivity contribution in [2.45, 2.75) is 13.5 Å². The molecule has 8 nitrogen and oxygen atoms in total. The molecule has 3 rings (SSSR count). The van der Waals surface area contributed by atoms with Crippen LogP contribution in [0.1, 0.15) is 18.2 Å². The first-order valence-corrected chi connectivity index (χ1v) is 7.17. The maximum Gasteiger partial charge on any atom is 0.368 e. The van der Waals surface area contributed by atoms with Gasteiger partial charge in [0.1, 0.15) is 18.0 Å².